The van der Waals surface area contributed by atoms with Crippen LogP contribution in [0.5, 0.6) is 5.75 Å². The van der Waals surface area contributed by atoms with Crippen molar-refractivity contribution in [3.63, 3.8) is 0 Å². The molecule has 0 amide bonds. The van der Waals surface area contributed by atoms with Crippen molar-refractivity contribution in [3.8, 4) is 5.75 Å². The molecule has 5 aromatic rings. The first-order valence-electron chi connectivity index (χ1n) is 17.5. The van der Waals surface area contributed by atoms with Crippen LogP contribution in [0.2, 0.25) is 0 Å². The van der Waals surface area contributed by atoms with E-state index < -0.39 is 18.8 Å². The number of carbonyl (C=O) groups is 2. The second-order valence-corrected chi connectivity index (χ2v) is 16.3. The van der Waals surface area contributed by atoms with Gasteiger partial charge in [-0.1, -0.05) is 123 Å². The third-order valence-corrected chi connectivity index (χ3v) is 14.0. The Bertz CT molecular complexity index is 1770. The fourth-order valence-electron chi connectivity index (χ4n) is 6.93. The second-order valence-electron chi connectivity index (χ2n) is 12.7. The summed E-state index contributed by atoms with van der Waals surface area (Å²) in [6, 6.07) is 47.2. The molecule has 0 atom stereocenters. The van der Waals surface area contributed by atoms with E-state index in [-0.39, 0.29) is 16.9 Å². The summed E-state index contributed by atoms with van der Waals surface area (Å²) in [6.45, 7) is 0.627. The van der Waals surface area contributed by atoms with E-state index in [9.17, 15) is 14.7 Å². The number of rotatable bonds is 16. The van der Waals surface area contributed by atoms with E-state index >= 15 is 0 Å². The summed E-state index contributed by atoms with van der Waals surface area (Å²) < 4.78 is 5.95. The second kappa shape index (κ2) is 16.5. The fraction of sp³-hybridized carbons (Fsp3) is 0.227. The molecule has 0 aromatic heterocycles. The molecule has 6 rings (SSSR count). The van der Waals surface area contributed by atoms with Gasteiger partial charge in [0.25, 0.3) is 0 Å². The molecule has 0 heterocycles. The van der Waals surface area contributed by atoms with Gasteiger partial charge < -0.3 is 9.84 Å². The predicted octanol–water partition coefficient (Wildman–Crippen LogP) is 9.37. The molecule has 5 heteroatoms. The Morgan fingerprint density at radius 2 is 0.918 bits per heavy atom. The van der Waals surface area contributed by atoms with E-state index in [2.05, 4.69) is 91.0 Å². The van der Waals surface area contributed by atoms with Crippen molar-refractivity contribution in [2.45, 2.75) is 51.4 Å². The molecule has 0 bridgehead atoms. The van der Waals surface area contributed by atoms with Crippen LogP contribution in [-0.2, 0) is 4.79 Å². The predicted molar refractivity (Wildman–Crippen MR) is 204 cm³/mol. The van der Waals surface area contributed by atoms with Crippen LogP contribution in [0.15, 0.2) is 140 Å². The molecule has 1 aliphatic carbocycles. The first-order chi connectivity index (χ1) is 24.1. The van der Waals surface area contributed by atoms with Gasteiger partial charge in [-0.15, -0.1) is 0 Å². The zero-order valence-corrected chi connectivity index (χ0v) is 28.9. The van der Waals surface area contributed by atoms with Crippen LogP contribution >= 0.6 is 7.26 Å². The monoisotopic (exact) mass is 667 g/mol. The Morgan fingerprint density at radius 1 is 0.469 bits per heavy atom. The number of hydrogen-bond donors (Lipinski definition) is 1. The highest BCUT2D eigenvalue weighted by molar-refractivity contribution is 7.95. The van der Waals surface area contributed by atoms with Gasteiger partial charge in [0.05, 0.1) is 18.3 Å². The number of hydrogen-bond acceptors (Lipinski definition) is 4. The summed E-state index contributed by atoms with van der Waals surface area (Å²) in [5.74, 6) is -0.735. The first kappa shape index (κ1) is 34.1. The Balaban J connectivity index is 0.930. The molecule has 0 saturated carbocycles. The first-order valence-corrected chi connectivity index (χ1v) is 19.5. The SMILES string of the molecule is O=C1C(=O)c2ccccc2C(O)=C1c1ccc(OCCCCCCCCCC[P+](c2ccccc2)(c2ccccc2)c2ccccc2)cc1. The zero-order chi connectivity index (χ0) is 33.9. The Labute approximate surface area is 290 Å². The van der Waals surface area contributed by atoms with Crippen molar-refractivity contribution in [2.75, 3.05) is 12.8 Å². The molecule has 248 valence electrons. The highest BCUT2D eigenvalue weighted by Gasteiger charge is 2.44. The number of benzene rings is 5. The van der Waals surface area contributed by atoms with Crippen molar-refractivity contribution in [1.82, 2.24) is 0 Å². The normalized spacial score (nSPS) is 13.0. The molecule has 5 aromatic carbocycles. The summed E-state index contributed by atoms with van der Waals surface area (Å²) in [6.07, 6.45) is 10.7. The molecule has 4 nitrogen and oxygen atoms in total. The van der Waals surface area contributed by atoms with Crippen LogP contribution in [0.1, 0.15) is 72.9 Å². The molecule has 0 spiro atoms. The lowest BCUT2D eigenvalue weighted by Crippen LogP contribution is -2.33. The minimum Gasteiger partial charge on any atom is -0.506 e. The summed E-state index contributed by atoms with van der Waals surface area (Å²) >= 11 is 0. The quantitative estimate of drug-likeness (QED) is 0.0647. The van der Waals surface area contributed by atoms with Gasteiger partial charge in [-0.2, -0.15) is 0 Å². The fourth-order valence-corrected chi connectivity index (χ4v) is 11.3. The van der Waals surface area contributed by atoms with Crippen LogP contribution in [0.3, 0.4) is 0 Å². The molecular weight excluding hydrogens is 623 g/mol. The van der Waals surface area contributed by atoms with E-state index in [4.69, 9.17) is 4.74 Å². The number of aliphatic hydroxyl groups is 1. The minimum atomic E-state index is -1.74. The van der Waals surface area contributed by atoms with E-state index in [1.165, 1.54) is 60.6 Å². The number of allylic oxidation sites excluding steroid dienone is 1. The largest absolute Gasteiger partial charge is 0.506 e. The van der Waals surface area contributed by atoms with Crippen molar-refractivity contribution < 1.29 is 19.4 Å². The Hall–Kier alpha value is -4.79. The smallest absolute Gasteiger partial charge is 0.237 e. The molecule has 0 unspecified atom stereocenters. The van der Waals surface area contributed by atoms with E-state index in [0.29, 0.717) is 23.5 Å². The van der Waals surface area contributed by atoms with Gasteiger partial charge >= 0.3 is 0 Å². The highest BCUT2D eigenvalue weighted by atomic mass is 31.2. The molecule has 49 heavy (non-hydrogen) atoms. The van der Waals surface area contributed by atoms with Crippen molar-refractivity contribution in [2.24, 2.45) is 0 Å². The molecule has 0 fully saturated rings. The van der Waals surface area contributed by atoms with Gasteiger partial charge in [-0.25, -0.2) is 0 Å². The molecule has 0 aliphatic heterocycles. The number of ketones is 2. The average molecular weight is 668 g/mol. The van der Waals surface area contributed by atoms with Crippen LogP contribution in [0.25, 0.3) is 11.3 Å². The Kier molecular flexibility index (Phi) is 11.5. The minimum absolute atomic E-state index is 0.0415. The summed E-state index contributed by atoms with van der Waals surface area (Å²) in [7, 11) is -1.74. The van der Waals surface area contributed by atoms with Crippen molar-refractivity contribution >= 4 is 46.1 Å². The number of fused-ring (bicyclic) bond motifs is 1. The third kappa shape index (κ3) is 7.77. The summed E-state index contributed by atoms with van der Waals surface area (Å²) in [5, 5.41) is 15.2. The van der Waals surface area contributed by atoms with Crippen LogP contribution < -0.4 is 20.7 Å². The van der Waals surface area contributed by atoms with Crippen LogP contribution in [0, 0.1) is 0 Å². The van der Waals surface area contributed by atoms with Crippen LogP contribution in [0.4, 0.5) is 0 Å². The number of unbranched alkanes of at least 4 members (excludes halogenated alkanes) is 7. The summed E-state index contributed by atoms with van der Waals surface area (Å²) in [4.78, 5) is 25.3. The number of ether oxygens (including phenoxy) is 1. The van der Waals surface area contributed by atoms with Crippen molar-refractivity contribution in [1.29, 1.82) is 0 Å². The van der Waals surface area contributed by atoms with Gasteiger partial charge in [0, 0.05) is 11.1 Å². The lowest BCUT2D eigenvalue weighted by molar-refractivity contribution is -0.110. The molecular formula is C44H44O4P+. The topological polar surface area (TPSA) is 63.6 Å². The molecule has 0 saturated heterocycles. The standard InChI is InChI=1S/C44H43O4P/c45-42-39-26-16-17-27-40(39)43(46)44(47)41(42)34-28-30-35(31-29-34)48-32-18-5-3-1-2-4-6-19-33-49(36-20-10-7-11-21-36,37-22-12-8-13-23-37)38-24-14-9-15-25-38/h7-17,20-31H,1-6,18-19,32-33H2/p+1. The number of carbonyl (C=O) groups excluding carboxylic acids is 2. The lowest BCUT2D eigenvalue weighted by atomic mass is 9.85. The van der Waals surface area contributed by atoms with E-state index in [0.717, 1.165) is 12.8 Å². The number of aliphatic hydroxyl groups excluding tert-OH is 1. The van der Waals surface area contributed by atoms with Gasteiger partial charge in [-0.05, 0) is 73.4 Å². The maximum atomic E-state index is 12.8. The zero-order valence-electron chi connectivity index (χ0n) is 28.0. The maximum Gasteiger partial charge on any atom is 0.237 e. The van der Waals surface area contributed by atoms with Gasteiger partial charge in [0.2, 0.25) is 11.6 Å². The maximum absolute atomic E-state index is 12.8. The molecule has 1 aliphatic rings. The average Bonchev–Trinajstić information content (AvgIpc) is 3.16. The highest BCUT2D eigenvalue weighted by Crippen LogP contribution is 2.56. The van der Waals surface area contributed by atoms with Crippen molar-refractivity contribution in [3.05, 3.63) is 156 Å². The van der Waals surface area contributed by atoms with Crippen LogP contribution in [-0.4, -0.2) is 29.4 Å². The van der Waals surface area contributed by atoms with Gasteiger partial charge in [0.1, 0.15) is 34.7 Å². The van der Waals surface area contributed by atoms with E-state index in [1.807, 2.05) is 0 Å². The lowest BCUT2D eigenvalue weighted by Gasteiger charge is -2.27. The Morgan fingerprint density at radius 3 is 1.45 bits per heavy atom. The van der Waals surface area contributed by atoms with Gasteiger partial charge in [0.15, 0.2) is 0 Å². The van der Waals surface area contributed by atoms with E-state index in [1.54, 1.807) is 48.5 Å². The third-order valence-electron chi connectivity index (χ3n) is 9.49. The summed E-state index contributed by atoms with van der Waals surface area (Å²) in [5.41, 5.74) is 1.17. The number of Topliss-reactive ketones (excluding diaryl/α,β-unsaturated/α-hetero) is 2. The molecule has 1 N–H and O–H groups in total. The van der Waals surface area contributed by atoms with Gasteiger partial charge in [-0.3, -0.25) is 9.59 Å². The molecule has 0 radical (unpaired) electrons.